The number of para-hydroxylation sites is 1. The zero-order chi connectivity index (χ0) is 16.1. The number of carbonyl (C=O) groups excluding carboxylic acids is 2. The van der Waals surface area contributed by atoms with Crippen LogP contribution in [0.25, 0.3) is 0 Å². The number of benzene rings is 2. The van der Waals surface area contributed by atoms with E-state index in [4.69, 9.17) is 18.9 Å². The molecule has 0 saturated carbocycles. The summed E-state index contributed by atoms with van der Waals surface area (Å²) in [6, 6.07) is 13.7. The van der Waals surface area contributed by atoms with Gasteiger partial charge in [-0.15, -0.1) is 0 Å². The Morgan fingerprint density at radius 2 is 1.74 bits per heavy atom. The second-order valence-corrected chi connectivity index (χ2v) is 4.75. The van der Waals surface area contributed by atoms with Crippen molar-refractivity contribution in [2.45, 2.75) is 0 Å². The van der Waals surface area contributed by atoms with E-state index in [-0.39, 0.29) is 25.8 Å². The van der Waals surface area contributed by atoms with Crippen molar-refractivity contribution in [2.75, 3.05) is 20.0 Å². The normalized spacial score (nSPS) is 11.8. The minimum Gasteiger partial charge on any atom is -0.482 e. The molecule has 6 heteroatoms. The Kier molecular flexibility index (Phi) is 4.42. The van der Waals surface area contributed by atoms with E-state index in [1.165, 1.54) is 0 Å². The molecular formula is C17H14O6. The molecule has 23 heavy (non-hydrogen) atoms. The first-order valence-electron chi connectivity index (χ1n) is 6.99. The van der Waals surface area contributed by atoms with Gasteiger partial charge in [-0.05, 0) is 30.3 Å². The van der Waals surface area contributed by atoms with Crippen molar-refractivity contribution >= 4 is 11.8 Å². The highest BCUT2D eigenvalue weighted by Crippen LogP contribution is 2.32. The van der Waals surface area contributed by atoms with E-state index in [0.717, 1.165) is 0 Å². The van der Waals surface area contributed by atoms with Crippen LogP contribution in [0.15, 0.2) is 48.5 Å². The maximum atomic E-state index is 12.0. The summed E-state index contributed by atoms with van der Waals surface area (Å²) in [6.07, 6.45) is 0. The van der Waals surface area contributed by atoms with Crippen molar-refractivity contribution in [3.8, 4) is 17.2 Å². The molecule has 2 aromatic carbocycles. The van der Waals surface area contributed by atoms with E-state index in [9.17, 15) is 9.59 Å². The Morgan fingerprint density at radius 1 is 0.957 bits per heavy atom. The van der Waals surface area contributed by atoms with Crippen LogP contribution >= 0.6 is 0 Å². The molecule has 1 aliphatic rings. The van der Waals surface area contributed by atoms with Gasteiger partial charge in [-0.3, -0.25) is 4.79 Å². The van der Waals surface area contributed by atoms with Gasteiger partial charge in [-0.2, -0.15) is 0 Å². The number of rotatable bonds is 6. The van der Waals surface area contributed by atoms with Crippen LogP contribution in [0.2, 0.25) is 0 Å². The molecule has 0 saturated heterocycles. The van der Waals surface area contributed by atoms with Gasteiger partial charge in [-0.25, -0.2) is 4.79 Å². The molecule has 0 fully saturated rings. The Morgan fingerprint density at radius 3 is 2.57 bits per heavy atom. The zero-order valence-electron chi connectivity index (χ0n) is 12.2. The fraction of sp³-hybridized carbons (Fsp3) is 0.176. The SMILES string of the molecule is O=C(COc1ccccc1)OCC(=O)c1ccc2c(c1)OCO2. The fourth-order valence-electron chi connectivity index (χ4n) is 2.00. The first kappa shape index (κ1) is 14.9. The van der Waals surface area contributed by atoms with Crippen molar-refractivity contribution in [1.29, 1.82) is 0 Å². The Labute approximate surface area is 132 Å². The molecule has 0 aliphatic carbocycles. The van der Waals surface area contributed by atoms with Crippen LogP contribution in [-0.2, 0) is 9.53 Å². The standard InChI is InChI=1S/C17H14O6/c18-14(12-6-7-15-16(8-12)23-11-22-15)9-21-17(19)10-20-13-4-2-1-3-5-13/h1-8H,9-11H2. The summed E-state index contributed by atoms with van der Waals surface area (Å²) in [7, 11) is 0. The summed E-state index contributed by atoms with van der Waals surface area (Å²) in [5.41, 5.74) is 0.394. The molecule has 0 aromatic heterocycles. The number of hydrogen-bond acceptors (Lipinski definition) is 6. The number of esters is 1. The molecule has 1 aliphatic heterocycles. The summed E-state index contributed by atoms with van der Waals surface area (Å²) in [5.74, 6) is 0.732. The van der Waals surface area contributed by atoms with Gasteiger partial charge in [0.25, 0.3) is 0 Å². The molecule has 0 atom stereocenters. The monoisotopic (exact) mass is 314 g/mol. The lowest BCUT2D eigenvalue weighted by Crippen LogP contribution is -2.19. The van der Waals surface area contributed by atoms with E-state index in [1.54, 1.807) is 42.5 Å². The van der Waals surface area contributed by atoms with Gasteiger partial charge in [0.15, 0.2) is 30.5 Å². The molecule has 2 aromatic rings. The smallest absolute Gasteiger partial charge is 0.344 e. The summed E-state index contributed by atoms with van der Waals surface area (Å²) in [5, 5.41) is 0. The Balaban J connectivity index is 1.48. The molecule has 0 radical (unpaired) electrons. The Bertz CT molecular complexity index is 710. The third-order valence-corrected chi connectivity index (χ3v) is 3.16. The third-order valence-electron chi connectivity index (χ3n) is 3.16. The van der Waals surface area contributed by atoms with E-state index < -0.39 is 5.97 Å². The van der Waals surface area contributed by atoms with Crippen molar-refractivity contribution < 1.29 is 28.5 Å². The zero-order valence-corrected chi connectivity index (χ0v) is 12.2. The van der Waals surface area contributed by atoms with E-state index in [0.29, 0.717) is 22.8 Å². The molecular weight excluding hydrogens is 300 g/mol. The van der Waals surface area contributed by atoms with Gasteiger partial charge < -0.3 is 18.9 Å². The number of ether oxygens (including phenoxy) is 4. The van der Waals surface area contributed by atoms with E-state index in [2.05, 4.69) is 0 Å². The fourth-order valence-corrected chi connectivity index (χ4v) is 2.00. The van der Waals surface area contributed by atoms with Crippen LogP contribution in [0.5, 0.6) is 17.2 Å². The van der Waals surface area contributed by atoms with Crippen molar-refractivity contribution in [1.82, 2.24) is 0 Å². The largest absolute Gasteiger partial charge is 0.482 e. The maximum absolute atomic E-state index is 12.0. The topological polar surface area (TPSA) is 71.1 Å². The van der Waals surface area contributed by atoms with Crippen LogP contribution in [0.1, 0.15) is 10.4 Å². The number of fused-ring (bicyclic) bond motifs is 1. The molecule has 0 bridgehead atoms. The van der Waals surface area contributed by atoms with Gasteiger partial charge in [0, 0.05) is 5.56 Å². The van der Waals surface area contributed by atoms with Gasteiger partial charge in [0.05, 0.1) is 0 Å². The average Bonchev–Trinajstić information content (AvgIpc) is 3.06. The van der Waals surface area contributed by atoms with Gasteiger partial charge in [0.1, 0.15) is 5.75 Å². The molecule has 6 nitrogen and oxygen atoms in total. The van der Waals surface area contributed by atoms with E-state index in [1.807, 2.05) is 6.07 Å². The molecule has 1 heterocycles. The lowest BCUT2D eigenvalue weighted by molar-refractivity contribution is -0.144. The predicted octanol–water partition coefficient (Wildman–Crippen LogP) is 2.22. The van der Waals surface area contributed by atoms with Crippen LogP contribution in [0, 0.1) is 0 Å². The number of Topliss-reactive ketones (excluding diaryl/α,β-unsaturated/α-hetero) is 1. The summed E-state index contributed by atoms with van der Waals surface area (Å²) in [4.78, 5) is 23.6. The minimum absolute atomic E-state index is 0.138. The van der Waals surface area contributed by atoms with Crippen LogP contribution in [0.3, 0.4) is 0 Å². The maximum Gasteiger partial charge on any atom is 0.344 e. The third kappa shape index (κ3) is 3.79. The highest BCUT2D eigenvalue weighted by atomic mass is 16.7. The van der Waals surface area contributed by atoms with Crippen LogP contribution in [-0.4, -0.2) is 31.8 Å². The predicted molar refractivity (Wildman–Crippen MR) is 79.8 cm³/mol. The van der Waals surface area contributed by atoms with Gasteiger partial charge >= 0.3 is 5.97 Å². The van der Waals surface area contributed by atoms with Crippen LogP contribution < -0.4 is 14.2 Å². The van der Waals surface area contributed by atoms with Crippen molar-refractivity contribution in [3.63, 3.8) is 0 Å². The van der Waals surface area contributed by atoms with Crippen LogP contribution in [0.4, 0.5) is 0 Å². The van der Waals surface area contributed by atoms with E-state index >= 15 is 0 Å². The highest BCUT2D eigenvalue weighted by molar-refractivity contribution is 5.98. The number of ketones is 1. The Hall–Kier alpha value is -3.02. The number of carbonyl (C=O) groups is 2. The second-order valence-electron chi connectivity index (χ2n) is 4.75. The molecule has 3 rings (SSSR count). The van der Waals surface area contributed by atoms with Gasteiger partial charge in [-0.1, -0.05) is 18.2 Å². The number of hydrogen-bond donors (Lipinski definition) is 0. The lowest BCUT2D eigenvalue weighted by atomic mass is 10.1. The molecule has 0 spiro atoms. The quantitative estimate of drug-likeness (QED) is 0.601. The van der Waals surface area contributed by atoms with Gasteiger partial charge in [0.2, 0.25) is 6.79 Å². The summed E-state index contributed by atoms with van der Waals surface area (Å²) < 4.78 is 20.5. The lowest BCUT2D eigenvalue weighted by Gasteiger charge is -2.07. The molecule has 0 N–H and O–H groups in total. The first-order valence-corrected chi connectivity index (χ1v) is 6.99. The molecule has 0 unspecified atom stereocenters. The highest BCUT2D eigenvalue weighted by Gasteiger charge is 2.17. The minimum atomic E-state index is -0.608. The van der Waals surface area contributed by atoms with Crippen molar-refractivity contribution in [2.24, 2.45) is 0 Å². The van der Waals surface area contributed by atoms with Crippen molar-refractivity contribution in [3.05, 3.63) is 54.1 Å². The molecule has 0 amide bonds. The second kappa shape index (κ2) is 6.83. The summed E-state index contributed by atoms with van der Waals surface area (Å²) in [6.45, 7) is -0.464. The first-order chi connectivity index (χ1) is 11.2. The summed E-state index contributed by atoms with van der Waals surface area (Å²) >= 11 is 0. The molecule has 118 valence electrons. The average molecular weight is 314 g/mol.